The van der Waals surface area contributed by atoms with Gasteiger partial charge in [-0.2, -0.15) is 0 Å². The summed E-state index contributed by atoms with van der Waals surface area (Å²) in [6.45, 7) is 7.29. The van der Waals surface area contributed by atoms with Crippen molar-refractivity contribution >= 4 is 23.7 Å². The van der Waals surface area contributed by atoms with E-state index in [9.17, 15) is 23.6 Å². The highest BCUT2D eigenvalue weighted by molar-refractivity contribution is 5.94. The van der Waals surface area contributed by atoms with Crippen LogP contribution in [0, 0.1) is 11.7 Å². The van der Waals surface area contributed by atoms with Crippen LogP contribution in [0.15, 0.2) is 24.3 Å². The van der Waals surface area contributed by atoms with Crippen molar-refractivity contribution in [2.45, 2.75) is 96.9 Å². The predicted octanol–water partition coefficient (Wildman–Crippen LogP) is 2.78. The summed E-state index contributed by atoms with van der Waals surface area (Å²) < 4.78 is 19.4. The highest BCUT2D eigenvalue weighted by atomic mass is 19.1. The maximum absolute atomic E-state index is 13.7. The largest absolute Gasteiger partial charge is 0.460 e. The summed E-state index contributed by atoms with van der Waals surface area (Å²) in [5.41, 5.74) is 0.523. The van der Waals surface area contributed by atoms with Gasteiger partial charge < -0.3 is 20.7 Å². The zero-order valence-electron chi connectivity index (χ0n) is 21.1. The van der Waals surface area contributed by atoms with E-state index in [-0.39, 0.29) is 18.8 Å². The molecule has 194 valence electrons. The summed E-state index contributed by atoms with van der Waals surface area (Å²) in [5.74, 6) is -2.80. The molecule has 1 heterocycles. The van der Waals surface area contributed by atoms with Gasteiger partial charge in [-0.15, -0.1) is 0 Å². The van der Waals surface area contributed by atoms with E-state index in [1.807, 2.05) is 13.8 Å². The minimum absolute atomic E-state index is 0.0411. The number of carbonyl (C=O) groups excluding carboxylic acids is 4. The summed E-state index contributed by atoms with van der Waals surface area (Å²) in [4.78, 5) is 51.8. The fourth-order valence-electron chi connectivity index (χ4n) is 3.96. The zero-order chi connectivity index (χ0) is 26.0. The Kier molecular flexibility index (Phi) is 11.1. The van der Waals surface area contributed by atoms with E-state index in [0.29, 0.717) is 18.4 Å². The van der Waals surface area contributed by atoms with Gasteiger partial charge in [0, 0.05) is 6.42 Å². The lowest BCUT2D eigenvalue weighted by Crippen LogP contribution is -2.55. The minimum Gasteiger partial charge on any atom is -0.460 e. The number of esters is 1. The Morgan fingerprint density at radius 2 is 1.80 bits per heavy atom. The first-order valence-electron chi connectivity index (χ1n) is 12.5. The van der Waals surface area contributed by atoms with Crippen LogP contribution >= 0.6 is 0 Å². The molecule has 1 aromatic carbocycles. The third kappa shape index (κ3) is 8.96. The van der Waals surface area contributed by atoms with Crippen molar-refractivity contribution in [2.75, 3.05) is 0 Å². The predicted molar refractivity (Wildman–Crippen MR) is 130 cm³/mol. The second-order valence-corrected chi connectivity index (χ2v) is 9.32. The van der Waals surface area contributed by atoms with Crippen molar-refractivity contribution in [2.24, 2.45) is 5.92 Å². The maximum Gasteiger partial charge on any atom is 0.329 e. The molecular formula is C26H38FN3O5. The van der Waals surface area contributed by atoms with Crippen LogP contribution in [-0.4, -0.2) is 47.9 Å². The number of halogens is 1. The Morgan fingerprint density at radius 1 is 1.06 bits per heavy atom. The average molecular weight is 492 g/mol. The lowest BCUT2D eigenvalue weighted by atomic mass is 9.98. The van der Waals surface area contributed by atoms with E-state index in [0.717, 1.165) is 19.3 Å². The third-order valence-corrected chi connectivity index (χ3v) is 6.32. The molecule has 2 rings (SSSR count). The van der Waals surface area contributed by atoms with Crippen molar-refractivity contribution in [1.82, 2.24) is 16.0 Å². The summed E-state index contributed by atoms with van der Waals surface area (Å²) in [7, 11) is 0. The molecule has 0 bridgehead atoms. The van der Waals surface area contributed by atoms with Crippen LogP contribution in [0.4, 0.5) is 4.39 Å². The number of amides is 3. The smallest absolute Gasteiger partial charge is 0.329 e. The number of benzene rings is 1. The lowest BCUT2D eigenvalue weighted by Gasteiger charge is -2.26. The summed E-state index contributed by atoms with van der Waals surface area (Å²) in [6.07, 6.45) is 3.01. The maximum atomic E-state index is 13.7. The number of hydrogen-bond donors (Lipinski definition) is 3. The first-order valence-corrected chi connectivity index (χ1v) is 12.5. The molecule has 8 nitrogen and oxygen atoms in total. The normalized spacial score (nSPS) is 25.2. The number of ether oxygens (including phenoxy) is 1. The summed E-state index contributed by atoms with van der Waals surface area (Å²) in [5, 5.41) is 8.01. The number of cyclic esters (lactones) is 1. The van der Waals surface area contributed by atoms with Gasteiger partial charge in [0.05, 0.1) is 6.42 Å². The standard InChI is InChI=1S/C26H38FN3O5/c1-5-7-8-12-20-15-22(31)29-21(14-18-10-9-11-19(27)13-18)25(33)28-17(4)24(32)30-23(16(3)6-2)26(34)35-20/h9-11,13,16-17,20-21,23H,5-8,12,14-15H2,1-4H3,(H,28,33)(H,29,31)(H,30,32)/t16-,17-,20+,21-,23+/m0/s1. The average Bonchev–Trinajstić information content (AvgIpc) is 2.81. The molecule has 0 aromatic heterocycles. The van der Waals surface area contributed by atoms with Gasteiger partial charge in [-0.1, -0.05) is 52.2 Å². The van der Waals surface area contributed by atoms with Crippen molar-refractivity contribution in [1.29, 1.82) is 0 Å². The summed E-state index contributed by atoms with van der Waals surface area (Å²) in [6, 6.07) is 2.88. The van der Waals surface area contributed by atoms with E-state index in [2.05, 4.69) is 22.9 Å². The van der Waals surface area contributed by atoms with Gasteiger partial charge in [0.2, 0.25) is 17.7 Å². The molecule has 1 saturated heterocycles. The molecule has 5 atom stereocenters. The minimum atomic E-state index is -1.03. The molecule has 1 aliphatic heterocycles. The van der Waals surface area contributed by atoms with Crippen LogP contribution in [0.2, 0.25) is 0 Å². The lowest BCUT2D eigenvalue weighted by molar-refractivity contribution is -0.156. The topological polar surface area (TPSA) is 114 Å². The Labute approximate surface area is 206 Å². The molecule has 0 spiro atoms. The molecular weight excluding hydrogens is 453 g/mol. The van der Waals surface area contributed by atoms with E-state index in [1.54, 1.807) is 6.07 Å². The molecule has 0 radical (unpaired) electrons. The molecule has 35 heavy (non-hydrogen) atoms. The number of hydrogen-bond acceptors (Lipinski definition) is 5. The van der Waals surface area contributed by atoms with E-state index in [4.69, 9.17) is 4.74 Å². The van der Waals surface area contributed by atoms with Crippen molar-refractivity contribution in [3.63, 3.8) is 0 Å². The van der Waals surface area contributed by atoms with Gasteiger partial charge in [-0.05, 0) is 43.4 Å². The van der Waals surface area contributed by atoms with Gasteiger partial charge in [0.15, 0.2) is 0 Å². The van der Waals surface area contributed by atoms with Crippen LogP contribution in [0.1, 0.15) is 71.8 Å². The van der Waals surface area contributed by atoms with Gasteiger partial charge in [0.25, 0.3) is 0 Å². The number of carbonyl (C=O) groups is 4. The van der Waals surface area contributed by atoms with Crippen molar-refractivity contribution in [3.8, 4) is 0 Å². The molecule has 3 amide bonds. The second kappa shape index (κ2) is 13.8. The Balaban J connectivity index is 2.33. The first-order chi connectivity index (χ1) is 16.6. The molecule has 0 saturated carbocycles. The Bertz CT molecular complexity index is 893. The molecule has 0 unspecified atom stereocenters. The van der Waals surface area contributed by atoms with Gasteiger partial charge in [-0.3, -0.25) is 14.4 Å². The SMILES string of the molecule is CCCCC[C@@H]1CC(=O)N[C@@H](Cc2cccc(F)c2)C(=O)N[C@@H](C)C(=O)N[C@H]([C@@H](C)CC)C(=O)O1. The highest BCUT2D eigenvalue weighted by Gasteiger charge is 2.33. The second-order valence-electron chi connectivity index (χ2n) is 9.32. The van der Waals surface area contributed by atoms with Crippen molar-refractivity contribution in [3.05, 3.63) is 35.6 Å². The zero-order valence-corrected chi connectivity index (χ0v) is 21.1. The molecule has 1 fully saturated rings. The third-order valence-electron chi connectivity index (χ3n) is 6.32. The number of nitrogens with one attached hydrogen (secondary N) is 3. The van der Waals surface area contributed by atoms with Crippen LogP contribution in [0.5, 0.6) is 0 Å². The van der Waals surface area contributed by atoms with Gasteiger partial charge >= 0.3 is 5.97 Å². The van der Waals surface area contributed by atoms with Gasteiger partial charge in [-0.25, -0.2) is 9.18 Å². The fraction of sp³-hybridized carbons (Fsp3) is 0.615. The van der Waals surface area contributed by atoms with Crippen LogP contribution in [0.25, 0.3) is 0 Å². The Morgan fingerprint density at radius 3 is 2.46 bits per heavy atom. The van der Waals surface area contributed by atoms with Crippen LogP contribution < -0.4 is 16.0 Å². The van der Waals surface area contributed by atoms with Crippen LogP contribution in [-0.2, 0) is 30.3 Å². The van der Waals surface area contributed by atoms with Crippen molar-refractivity contribution < 1.29 is 28.3 Å². The number of unbranched alkanes of at least 4 members (excludes halogenated alkanes) is 2. The van der Waals surface area contributed by atoms with E-state index in [1.165, 1.54) is 25.1 Å². The quantitative estimate of drug-likeness (QED) is 0.382. The van der Waals surface area contributed by atoms with Crippen LogP contribution in [0.3, 0.4) is 0 Å². The molecule has 3 N–H and O–H groups in total. The molecule has 9 heteroatoms. The van der Waals surface area contributed by atoms with E-state index < -0.39 is 53.7 Å². The molecule has 1 aromatic rings. The molecule has 1 aliphatic rings. The Hall–Kier alpha value is -2.97. The monoisotopic (exact) mass is 491 g/mol. The highest BCUT2D eigenvalue weighted by Crippen LogP contribution is 2.17. The van der Waals surface area contributed by atoms with E-state index >= 15 is 0 Å². The number of rotatable bonds is 8. The fourth-order valence-corrected chi connectivity index (χ4v) is 3.96. The molecule has 0 aliphatic carbocycles. The summed E-state index contributed by atoms with van der Waals surface area (Å²) >= 11 is 0. The van der Waals surface area contributed by atoms with Gasteiger partial charge in [0.1, 0.15) is 30.0 Å². The first kappa shape index (κ1) is 28.3.